The lowest BCUT2D eigenvalue weighted by atomic mass is 10.1. The summed E-state index contributed by atoms with van der Waals surface area (Å²) in [6.45, 7) is 6.54. The Kier molecular flexibility index (Phi) is 4.65. The van der Waals surface area contributed by atoms with Crippen LogP contribution in [0.15, 0.2) is 30.3 Å². The van der Waals surface area contributed by atoms with Gasteiger partial charge in [-0.1, -0.05) is 30.3 Å². The fourth-order valence-electron chi connectivity index (χ4n) is 2.09. The van der Waals surface area contributed by atoms with E-state index in [0.29, 0.717) is 6.04 Å². The summed E-state index contributed by atoms with van der Waals surface area (Å²) in [6.07, 6.45) is 1.67. The largest absolute Gasteiger partial charge is 0.444 e. The molecule has 4 nitrogen and oxygen atoms in total. The van der Waals surface area contributed by atoms with Crippen LogP contribution in [0.5, 0.6) is 0 Å². The van der Waals surface area contributed by atoms with Crippen LogP contribution >= 0.6 is 0 Å². The third kappa shape index (κ3) is 5.21. The molecule has 1 aliphatic rings. The van der Waals surface area contributed by atoms with Crippen molar-refractivity contribution in [2.45, 2.75) is 51.3 Å². The smallest absolute Gasteiger partial charge is 0.407 e. The Balaban J connectivity index is 1.60. The molecule has 2 N–H and O–H groups in total. The molecule has 20 heavy (non-hydrogen) atoms. The highest BCUT2D eigenvalue weighted by molar-refractivity contribution is 5.68. The van der Waals surface area contributed by atoms with E-state index in [2.05, 4.69) is 34.9 Å². The average molecular weight is 276 g/mol. The van der Waals surface area contributed by atoms with E-state index in [9.17, 15) is 4.79 Å². The van der Waals surface area contributed by atoms with Crippen LogP contribution in [0.3, 0.4) is 0 Å². The minimum atomic E-state index is -0.435. The Morgan fingerprint density at radius 1 is 1.25 bits per heavy atom. The number of amides is 1. The van der Waals surface area contributed by atoms with E-state index < -0.39 is 5.60 Å². The van der Waals surface area contributed by atoms with Crippen molar-refractivity contribution in [3.05, 3.63) is 35.9 Å². The zero-order valence-corrected chi connectivity index (χ0v) is 12.5. The zero-order chi connectivity index (χ0) is 14.6. The van der Waals surface area contributed by atoms with Gasteiger partial charge in [0, 0.05) is 12.1 Å². The SMILES string of the molecule is CC(C)(C)OC(=O)NC1CC1NCCc1ccccc1. The predicted octanol–water partition coefficient (Wildman–Crippen LogP) is 2.48. The predicted molar refractivity (Wildman–Crippen MR) is 79.7 cm³/mol. The van der Waals surface area contributed by atoms with Crippen LogP contribution in [0.1, 0.15) is 32.8 Å². The summed E-state index contributed by atoms with van der Waals surface area (Å²) in [5.41, 5.74) is 0.896. The normalized spacial score (nSPS) is 21.4. The molecule has 0 spiro atoms. The lowest BCUT2D eigenvalue weighted by Gasteiger charge is -2.19. The maximum atomic E-state index is 11.6. The summed E-state index contributed by atoms with van der Waals surface area (Å²) in [4.78, 5) is 11.6. The highest BCUT2D eigenvalue weighted by Gasteiger charge is 2.38. The van der Waals surface area contributed by atoms with E-state index in [0.717, 1.165) is 19.4 Å². The Bertz CT molecular complexity index is 440. The summed E-state index contributed by atoms with van der Waals surface area (Å²) in [5.74, 6) is 0. The summed E-state index contributed by atoms with van der Waals surface area (Å²) in [6, 6.07) is 11.0. The van der Waals surface area contributed by atoms with Gasteiger partial charge in [0.15, 0.2) is 0 Å². The minimum absolute atomic E-state index is 0.209. The third-order valence-electron chi connectivity index (χ3n) is 3.16. The average Bonchev–Trinajstić information content (AvgIpc) is 3.06. The molecule has 2 rings (SSSR count). The lowest BCUT2D eigenvalue weighted by Crippen LogP contribution is -2.37. The molecule has 1 aliphatic carbocycles. The minimum Gasteiger partial charge on any atom is -0.444 e. The zero-order valence-electron chi connectivity index (χ0n) is 12.5. The van der Waals surface area contributed by atoms with Crippen molar-refractivity contribution in [3.63, 3.8) is 0 Å². The van der Waals surface area contributed by atoms with E-state index >= 15 is 0 Å². The fraction of sp³-hybridized carbons (Fsp3) is 0.562. The molecule has 0 aromatic heterocycles. The maximum absolute atomic E-state index is 11.6. The van der Waals surface area contributed by atoms with Crippen LogP contribution in [0, 0.1) is 0 Å². The fourth-order valence-corrected chi connectivity index (χ4v) is 2.09. The molecule has 4 heteroatoms. The number of benzene rings is 1. The molecule has 2 unspecified atom stereocenters. The molecule has 0 heterocycles. The molecule has 0 aliphatic heterocycles. The van der Waals surface area contributed by atoms with Crippen LogP contribution in [0.4, 0.5) is 4.79 Å². The number of rotatable bonds is 5. The third-order valence-corrected chi connectivity index (χ3v) is 3.16. The molecular formula is C16H24N2O2. The van der Waals surface area contributed by atoms with Crippen molar-refractivity contribution in [2.24, 2.45) is 0 Å². The van der Waals surface area contributed by atoms with Gasteiger partial charge in [-0.2, -0.15) is 0 Å². The number of carbonyl (C=O) groups is 1. The van der Waals surface area contributed by atoms with E-state index in [1.807, 2.05) is 26.8 Å². The highest BCUT2D eigenvalue weighted by atomic mass is 16.6. The van der Waals surface area contributed by atoms with Crippen molar-refractivity contribution in [2.75, 3.05) is 6.54 Å². The van der Waals surface area contributed by atoms with E-state index in [4.69, 9.17) is 4.74 Å². The number of carbonyl (C=O) groups excluding carboxylic acids is 1. The van der Waals surface area contributed by atoms with Gasteiger partial charge < -0.3 is 15.4 Å². The topological polar surface area (TPSA) is 50.4 Å². The first-order chi connectivity index (χ1) is 9.44. The molecule has 0 bridgehead atoms. The van der Waals surface area contributed by atoms with Crippen LogP contribution in [-0.4, -0.2) is 30.3 Å². The first kappa shape index (κ1) is 14.9. The molecule has 0 radical (unpaired) electrons. The number of alkyl carbamates (subject to hydrolysis) is 1. The molecule has 1 saturated carbocycles. The summed E-state index contributed by atoms with van der Waals surface area (Å²) in [7, 11) is 0. The molecular weight excluding hydrogens is 252 g/mol. The number of nitrogens with one attached hydrogen (secondary N) is 2. The highest BCUT2D eigenvalue weighted by Crippen LogP contribution is 2.21. The van der Waals surface area contributed by atoms with Crippen molar-refractivity contribution < 1.29 is 9.53 Å². The van der Waals surface area contributed by atoms with Gasteiger partial charge in [0.05, 0.1) is 0 Å². The van der Waals surface area contributed by atoms with Gasteiger partial charge in [0.25, 0.3) is 0 Å². The Hall–Kier alpha value is -1.55. The van der Waals surface area contributed by atoms with E-state index in [1.165, 1.54) is 5.56 Å². The molecule has 1 aromatic rings. The second-order valence-electron chi connectivity index (χ2n) is 6.28. The quantitative estimate of drug-likeness (QED) is 0.868. The second-order valence-corrected chi connectivity index (χ2v) is 6.28. The number of hydrogen-bond donors (Lipinski definition) is 2. The number of hydrogen-bond acceptors (Lipinski definition) is 3. The summed E-state index contributed by atoms with van der Waals surface area (Å²) < 4.78 is 5.23. The van der Waals surface area contributed by atoms with Crippen molar-refractivity contribution in [1.82, 2.24) is 10.6 Å². The van der Waals surface area contributed by atoms with Gasteiger partial charge in [-0.3, -0.25) is 0 Å². The molecule has 0 saturated heterocycles. The van der Waals surface area contributed by atoms with Crippen LogP contribution < -0.4 is 10.6 Å². The van der Waals surface area contributed by atoms with Gasteiger partial charge in [-0.25, -0.2) is 4.79 Å². The molecule has 1 amide bonds. The first-order valence-electron chi connectivity index (χ1n) is 7.21. The second kappa shape index (κ2) is 6.27. The van der Waals surface area contributed by atoms with Crippen LogP contribution in [0.25, 0.3) is 0 Å². The van der Waals surface area contributed by atoms with Gasteiger partial charge in [0.2, 0.25) is 0 Å². The Morgan fingerprint density at radius 2 is 1.95 bits per heavy atom. The van der Waals surface area contributed by atoms with Gasteiger partial charge in [-0.05, 0) is 45.7 Å². The Morgan fingerprint density at radius 3 is 2.60 bits per heavy atom. The van der Waals surface area contributed by atoms with E-state index in [-0.39, 0.29) is 12.1 Å². The molecule has 110 valence electrons. The lowest BCUT2D eigenvalue weighted by molar-refractivity contribution is 0.0522. The number of ether oxygens (including phenoxy) is 1. The van der Waals surface area contributed by atoms with Crippen molar-refractivity contribution in [3.8, 4) is 0 Å². The maximum Gasteiger partial charge on any atom is 0.407 e. The molecule has 2 atom stereocenters. The van der Waals surface area contributed by atoms with Crippen molar-refractivity contribution in [1.29, 1.82) is 0 Å². The Labute approximate surface area is 120 Å². The van der Waals surface area contributed by atoms with Gasteiger partial charge in [0.1, 0.15) is 5.60 Å². The van der Waals surface area contributed by atoms with Gasteiger partial charge >= 0.3 is 6.09 Å². The molecule has 1 fully saturated rings. The summed E-state index contributed by atoms with van der Waals surface area (Å²) in [5, 5.41) is 6.34. The summed E-state index contributed by atoms with van der Waals surface area (Å²) >= 11 is 0. The van der Waals surface area contributed by atoms with Gasteiger partial charge in [-0.15, -0.1) is 0 Å². The standard InChI is InChI=1S/C16H24N2O2/c1-16(2,3)20-15(19)18-14-11-13(14)17-10-9-12-7-5-4-6-8-12/h4-8,13-14,17H,9-11H2,1-3H3,(H,18,19). The van der Waals surface area contributed by atoms with E-state index in [1.54, 1.807) is 0 Å². The molecule has 1 aromatic carbocycles. The van der Waals surface area contributed by atoms with Crippen LogP contribution in [-0.2, 0) is 11.2 Å². The van der Waals surface area contributed by atoms with Crippen LogP contribution in [0.2, 0.25) is 0 Å². The monoisotopic (exact) mass is 276 g/mol. The van der Waals surface area contributed by atoms with Crippen molar-refractivity contribution >= 4 is 6.09 Å². The first-order valence-corrected chi connectivity index (χ1v) is 7.21.